The predicted molar refractivity (Wildman–Crippen MR) is 143 cm³/mol. The Morgan fingerprint density at radius 2 is 1.76 bits per heavy atom. The third kappa shape index (κ3) is 9.23. The molecule has 2 aromatic rings. The van der Waals surface area contributed by atoms with Crippen molar-refractivity contribution in [2.45, 2.75) is 27.2 Å². The summed E-state index contributed by atoms with van der Waals surface area (Å²) in [6, 6.07) is 8.71. The predicted octanol–water partition coefficient (Wildman–Crippen LogP) is 5.42. The first-order valence-corrected chi connectivity index (χ1v) is 12.8. The Morgan fingerprint density at radius 3 is 2.39 bits per heavy atom. The van der Waals surface area contributed by atoms with Gasteiger partial charge in [-0.1, -0.05) is 29.8 Å². The molecule has 0 aliphatic carbocycles. The minimum Gasteiger partial charge on any atom is -0.492 e. The molecule has 2 aromatic carbocycles. The van der Waals surface area contributed by atoms with Gasteiger partial charge in [0.15, 0.2) is 11.7 Å². The Hall–Kier alpha value is -1.69. The van der Waals surface area contributed by atoms with Crippen LogP contribution in [0.3, 0.4) is 0 Å². The summed E-state index contributed by atoms with van der Waals surface area (Å²) in [5.74, 6) is 0.869. The van der Waals surface area contributed by atoms with Gasteiger partial charge >= 0.3 is 0 Å². The Morgan fingerprint density at radius 1 is 1.03 bits per heavy atom. The number of rotatable bonds is 8. The molecule has 0 unspecified atom stereocenters. The van der Waals surface area contributed by atoms with Crippen LogP contribution in [-0.4, -0.2) is 30.1 Å². The lowest BCUT2D eigenvalue weighted by atomic mass is 10.1. The maximum absolute atomic E-state index is 12.4. The number of aryl methyl sites for hydroxylation is 1. The van der Waals surface area contributed by atoms with Crippen LogP contribution in [0.4, 0.5) is 0 Å². The van der Waals surface area contributed by atoms with Crippen molar-refractivity contribution in [3.8, 4) is 11.5 Å². The third-order valence-electron chi connectivity index (χ3n) is 4.23. The number of thiocarbonyl (C=S) groups is 1. The summed E-state index contributed by atoms with van der Waals surface area (Å²) in [6.07, 6.45) is 0.936. The molecule has 2 rings (SSSR count). The molecule has 0 radical (unpaired) electrons. The summed E-state index contributed by atoms with van der Waals surface area (Å²) in [5.41, 5.74) is 6.12. The van der Waals surface area contributed by atoms with E-state index in [1.807, 2.05) is 19.1 Å². The van der Waals surface area contributed by atoms with Crippen molar-refractivity contribution in [1.29, 1.82) is 0 Å². The van der Waals surface area contributed by atoms with Crippen LogP contribution >= 0.6 is 60.0 Å². The van der Waals surface area contributed by atoms with E-state index in [0.29, 0.717) is 34.1 Å². The van der Waals surface area contributed by atoms with E-state index in [1.54, 1.807) is 18.2 Å². The molecule has 3 N–H and O–H groups in total. The van der Waals surface area contributed by atoms with Gasteiger partial charge in [-0.05, 0) is 99.2 Å². The molecule has 11 heteroatoms. The molecule has 0 heterocycles. The number of amides is 2. The lowest BCUT2D eigenvalue weighted by molar-refractivity contribution is -0.123. The number of hydrazine groups is 1. The molecule has 0 aliphatic rings. The van der Waals surface area contributed by atoms with Crippen LogP contribution in [0, 0.1) is 12.8 Å². The van der Waals surface area contributed by atoms with Crippen molar-refractivity contribution in [2.75, 3.05) is 13.2 Å². The van der Waals surface area contributed by atoms with Gasteiger partial charge in [-0.2, -0.15) is 0 Å². The van der Waals surface area contributed by atoms with E-state index in [2.05, 4.69) is 77.8 Å². The van der Waals surface area contributed by atoms with Gasteiger partial charge in [-0.25, -0.2) is 0 Å². The summed E-state index contributed by atoms with van der Waals surface area (Å²) < 4.78 is 13.6. The first-order valence-electron chi connectivity index (χ1n) is 9.97. The Bertz CT molecular complexity index is 1010. The lowest BCUT2D eigenvalue weighted by Crippen LogP contribution is -2.49. The van der Waals surface area contributed by atoms with Crippen molar-refractivity contribution < 1.29 is 19.1 Å². The average molecular weight is 666 g/mol. The Kier molecular flexibility index (Phi) is 11.1. The van der Waals surface area contributed by atoms with E-state index in [1.165, 1.54) is 0 Å². The fourth-order valence-corrected chi connectivity index (χ4v) is 4.73. The second-order valence-corrected chi connectivity index (χ2v) is 10.5. The van der Waals surface area contributed by atoms with Gasteiger partial charge in [0.05, 0.1) is 15.6 Å². The molecule has 33 heavy (non-hydrogen) atoms. The normalized spacial score (nSPS) is 10.5. The summed E-state index contributed by atoms with van der Waals surface area (Å²) in [7, 11) is 0. The maximum Gasteiger partial charge on any atom is 0.276 e. The van der Waals surface area contributed by atoms with Gasteiger partial charge in [0.2, 0.25) is 0 Å². The van der Waals surface area contributed by atoms with Gasteiger partial charge in [0.1, 0.15) is 11.5 Å². The van der Waals surface area contributed by atoms with Crippen molar-refractivity contribution in [2.24, 2.45) is 5.92 Å². The third-order valence-corrected chi connectivity index (χ3v) is 6.10. The molecule has 0 fully saturated rings. The number of carbonyl (C=O) groups excluding carboxylic acids is 2. The van der Waals surface area contributed by atoms with Gasteiger partial charge in [-0.15, -0.1) is 0 Å². The van der Waals surface area contributed by atoms with E-state index < -0.39 is 11.8 Å². The van der Waals surface area contributed by atoms with E-state index >= 15 is 0 Å². The largest absolute Gasteiger partial charge is 0.492 e. The molecule has 7 nitrogen and oxygen atoms in total. The summed E-state index contributed by atoms with van der Waals surface area (Å²) in [4.78, 5) is 24.5. The molecule has 0 bridgehead atoms. The molecule has 0 saturated carbocycles. The fourth-order valence-electron chi connectivity index (χ4n) is 2.54. The lowest BCUT2D eigenvalue weighted by Gasteiger charge is -2.14. The van der Waals surface area contributed by atoms with Crippen LogP contribution in [0.5, 0.6) is 11.5 Å². The van der Waals surface area contributed by atoms with Crippen LogP contribution in [-0.2, 0) is 4.79 Å². The summed E-state index contributed by atoms with van der Waals surface area (Å²) >= 11 is 15.3. The quantitative estimate of drug-likeness (QED) is 0.258. The number of ether oxygens (including phenoxy) is 2. The van der Waals surface area contributed by atoms with Crippen LogP contribution in [0.2, 0.25) is 0 Å². The zero-order valence-electron chi connectivity index (χ0n) is 18.3. The molecule has 0 atom stereocenters. The highest BCUT2D eigenvalue weighted by Gasteiger charge is 2.13. The van der Waals surface area contributed by atoms with E-state index in [9.17, 15) is 9.59 Å². The first kappa shape index (κ1) is 27.6. The second-order valence-electron chi connectivity index (χ2n) is 7.45. The Labute approximate surface area is 223 Å². The number of halogens is 3. The second kappa shape index (κ2) is 13.3. The number of benzene rings is 2. The van der Waals surface area contributed by atoms with Crippen LogP contribution in [0.25, 0.3) is 0 Å². The van der Waals surface area contributed by atoms with E-state index in [4.69, 9.17) is 21.7 Å². The number of nitrogens with one attached hydrogen (secondary N) is 3. The highest BCUT2D eigenvalue weighted by Crippen LogP contribution is 2.32. The van der Waals surface area contributed by atoms with Crippen LogP contribution in [0.15, 0.2) is 43.7 Å². The van der Waals surface area contributed by atoms with Crippen molar-refractivity contribution in [3.05, 3.63) is 54.9 Å². The standard InChI is InChI=1S/C22H24Br3N3O4S/c1-12(2)6-7-31-18-5-4-14(9-16(18)24)21(30)26-22(33)28-27-19(29)11-32-20-13(3)8-15(23)10-17(20)25/h4-5,8-10,12H,6-7,11H2,1-3H3,(H,27,29)(H2,26,28,30,33). The molecule has 0 aliphatic heterocycles. The van der Waals surface area contributed by atoms with Crippen molar-refractivity contribution in [1.82, 2.24) is 16.2 Å². The van der Waals surface area contributed by atoms with Crippen LogP contribution in [0.1, 0.15) is 36.2 Å². The molecule has 0 spiro atoms. The zero-order chi connectivity index (χ0) is 24.5. The minimum atomic E-state index is -0.466. The molecule has 0 saturated heterocycles. The fraction of sp³-hybridized carbons (Fsp3) is 0.318. The van der Waals surface area contributed by atoms with Gasteiger partial charge in [0, 0.05) is 10.0 Å². The Balaban J connectivity index is 1.80. The molecule has 2 amide bonds. The van der Waals surface area contributed by atoms with E-state index in [-0.39, 0.29) is 11.7 Å². The van der Waals surface area contributed by atoms with Gasteiger partial charge in [-0.3, -0.25) is 25.8 Å². The molecule has 178 valence electrons. The number of carbonyl (C=O) groups is 2. The average Bonchev–Trinajstić information content (AvgIpc) is 2.72. The first-order chi connectivity index (χ1) is 15.6. The highest BCUT2D eigenvalue weighted by molar-refractivity contribution is 9.11. The SMILES string of the molecule is Cc1cc(Br)cc(Br)c1OCC(=O)NNC(=S)NC(=O)c1ccc(OCCC(C)C)c(Br)c1. The number of hydrogen-bond acceptors (Lipinski definition) is 5. The van der Waals surface area contributed by atoms with Gasteiger partial charge in [0.25, 0.3) is 11.8 Å². The highest BCUT2D eigenvalue weighted by atomic mass is 79.9. The summed E-state index contributed by atoms with van der Waals surface area (Å²) in [5, 5.41) is 2.45. The van der Waals surface area contributed by atoms with Crippen LogP contribution < -0.4 is 25.6 Å². The minimum absolute atomic E-state index is 0.0530. The van der Waals surface area contributed by atoms with E-state index in [0.717, 1.165) is 20.9 Å². The van der Waals surface area contributed by atoms with Crippen molar-refractivity contribution >= 4 is 76.9 Å². The maximum atomic E-state index is 12.4. The molecular weight excluding hydrogens is 642 g/mol. The summed E-state index contributed by atoms with van der Waals surface area (Å²) in [6.45, 7) is 6.48. The zero-order valence-corrected chi connectivity index (χ0v) is 23.8. The monoisotopic (exact) mass is 663 g/mol. The smallest absolute Gasteiger partial charge is 0.276 e. The topological polar surface area (TPSA) is 88.7 Å². The van der Waals surface area contributed by atoms with Crippen molar-refractivity contribution in [3.63, 3.8) is 0 Å². The van der Waals surface area contributed by atoms with Gasteiger partial charge < -0.3 is 9.47 Å². The molecule has 0 aromatic heterocycles. The molecular formula is C22H24Br3N3O4S. The number of hydrogen-bond donors (Lipinski definition) is 3.